The predicted molar refractivity (Wildman–Crippen MR) is 310 cm³/mol. The third-order valence-corrected chi connectivity index (χ3v) is 26.1. The van der Waals surface area contributed by atoms with Gasteiger partial charge in [0.2, 0.25) is 11.8 Å². The molecule has 0 heterocycles. The normalized spacial score (nSPS) is 21.1. The van der Waals surface area contributed by atoms with Crippen molar-refractivity contribution in [2.45, 2.75) is 38.5 Å². The maximum Gasteiger partial charge on any atom is 0.239 e. The highest BCUT2D eigenvalue weighted by atomic mass is 16.2. The Morgan fingerprint density at radius 3 is 0.392 bits per heavy atom. The second-order valence-electron chi connectivity index (χ2n) is 26.2. The Labute approximate surface area is 406 Å². The molecule has 0 fully saturated rings. The lowest BCUT2D eigenvalue weighted by molar-refractivity contribution is -0.146. The molecule has 0 atom stereocenters. The quantitative estimate of drug-likeness (QED) is 0.156. The van der Waals surface area contributed by atoms with Gasteiger partial charge in [0.05, 0.1) is 0 Å². The van der Waals surface area contributed by atoms with Crippen LogP contribution in [0, 0.1) is 0 Å². The standard InChI is InChI=1S/C70H20N2O2/c1-5-71(6-2)67(73)69-63-55-47-37-27-19-11-9-10-13-17-15(11)23-31-25(17)35-29-21(13)22-14(10)18-16-12(9)20(19)28-34-24(16)32-26(18)36-30(22)40-39(29)49-43(35)53-45(31)51(41(47)33(23)27)59(63)61(53)65-57(49)58-50(40)44(36)54-46(32)52-42(34)48(38(28)37)56(55)64(69)60(52)62(54)66(58)70(65,69)68(74)72(7-3)8-4/h5-8H2,1-4H3. The molecule has 4 nitrogen and oxygen atoms in total. The number of likely N-dealkylation sites (N-methyl/N-ethyl adjacent to an activating group) is 2. The van der Waals surface area contributed by atoms with Gasteiger partial charge < -0.3 is 9.80 Å². The Balaban J connectivity index is 1.19. The summed E-state index contributed by atoms with van der Waals surface area (Å²) in [6, 6.07) is 0. The van der Waals surface area contributed by atoms with Crippen molar-refractivity contribution in [2.75, 3.05) is 26.2 Å². The lowest BCUT2D eigenvalue weighted by atomic mass is 9.47. The first-order valence-electron chi connectivity index (χ1n) is 27.9. The third-order valence-electron chi connectivity index (χ3n) is 26.1. The van der Waals surface area contributed by atoms with Crippen LogP contribution in [0.3, 0.4) is 0 Å². The van der Waals surface area contributed by atoms with Crippen molar-refractivity contribution in [3.05, 3.63) is 22.3 Å². The zero-order valence-corrected chi connectivity index (χ0v) is 39.5. The molecule has 322 valence electrons. The third kappa shape index (κ3) is 1.60. The van der Waals surface area contributed by atoms with Gasteiger partial charge in [0.25, 0.3) is 0 Å². The number of amides is 2. The predicted octanol–water partition coefficient (Wildman–Crippen LogP) is 17.0. The Hall–Kier alpha value is -8.60. The fourth-order valence-electron chi connectivity index (χ4n) is 25.5. The first kappa shape index (κ1) is 29.8. The fraction of sp³-hybridized carbons (Fsp3) is 0.143. The second kappa shape index (κ2) is 6.92. The molecule has 0 N–H and O–H groups in total. The van der Waals surface area contributed by atoms with Crippen LogP contribution in [0.4, 0.5) is 0 Å². The molecule has 0 aliphatic heterocycles. The highest BCUT2D eigenvalue weighted by molar-refractivity contribution is 6.82. The van der Waals surface area contributed by atoms with Gasteiger partial charge in [-0.3, -0.25) is 9.59 Å². The van der Waals surface area contributed by atoms with Crippen molar-refractivity contribution >= 4 is 303 Å². The minimum absolute atomic E-state index is 0.165. The van der Waals surface area contributed by atoms with Gasteiger partial charge in [-0.15, -0.1) is 0 Å². The van der Waals surface area contributed by atoms with Crippen LogP contribution in [-0.2, 0) is 20.4 Å². The summed E-state index contributed by atoms with van der Waals surface area (Å²) in [6.45, 7) is 11.2. The molecule has 0 bridgehead atoms. The lowest BCUT2D eigenvalue weighted by Gasteiger charge is -2.54. The minimum atomic E-state index is -1.32. The van der Waals surface area contributed by atoms with E-state index in [4.69, 9.17) is 0 Å². The van der Waals surface area contributed by atoms with Crippen molar-refractivity contribution in [1.29, 1.82) is 0 Å². The average molecular weight is 921 g/mol. The molecule has 28 aromatic rings. The molecule has 32 rings (SSSR count). The van der Waals surface area contributed by atoms with E-state index < -0.39 is 10.8 Å². The summed E-state index contributed by atoms with van der Waals surface area (Å²) in [7, 11) is 0. The highest BCUT2D eigenvalue weighted by Crippen LogP contribution is 2.85. The summed E-state index contributed by atoms with van der Waals surface area (Å²) in [5.74, 6) is 0.330. The molecular formula is C70H20N2O2. The number of hydrogen-bond donors (Lipinski definition) is 0. The SMILES string of the molecule is CCN(CC)C(=O)C12c3c4c5c6c7c8c(c9c%10c1c1c3c3c%11c4c4c5c5c7c7c%12c8c8c9c9c%10c%10c1c1c3c3c%11c%11c4c4c5c7c5c7c%12c8c8c9c9c%10c1c1c3c3c%11c4c5c4c7c8c9c1c34)C62C(=O)N(CC)CC. The second-order valence-corrected chi connectivity index (χ2v) is 26.2. The van der Waals surface area contributed by atoms with Gasteiger partial charge in [-0.2, -0.15) is 0 Å². The molecule has 0 unspecified atom stereocenters. The largest absolute Gasteiger partial charge is 0.342 e. The van der Waals surface area contributed by atoms with E-state index in [-0.39, 0.29) is 11.8 Å². The van der Waals surface area contributed by atoms with E-state index in [1.54, 1.807) is 75.4 Å². The van der Waals surface area contributed by atoms with E-state index in [9.17, 15) is 0 Å². The number of rotatable bonds is 6. The molecular weight excluding hydrogens is 901 g/mol. The van der Waals surface area contributed by atoms with Crippen LogP contribution in [-0.4, -0.2) is 47.8 Å². The molecule has 0 aromatic heterocycles. The first-order chi connectivity index (χ1) is 36.6. The number of nitrogens with zero attached hydrogens (tertiary/aromatic N) is 2. The lowest BCUT2D eigenvalue weighted by Crippen LogP contribution is -2.66. The summed E-state index contributed by atoms with van der Waals surface area (Å²) < 4.78 is 0. The van der Waals surface area contributed by atoms with Gasteiger partial charge >= 0.3 is 0 Å². The number of carbonyl (C=O) groups excluding carboxylic acids is 2. The number of benzene rings is 18. The van der Waals surface area contributed by atoms with Crippen LogP contribution >= 0.6 is 0 Å². The van der Waals surface area contributed by atoms with Gasteiger partial charge in [0, 0.05) is 26.2 Å². The number of carbonyl (C=O) groups is 2. The van der Waals surface area contributed by atoms with Gasteiger partial charge in [0.15, 0.2) is 0 Å². The van der Waals surface area contributed by atoms with E-state index in [1.165, 1.54) is 238 Å². The zero-order valence-electron chi connectivity index (χ0n) is 39.5. The van der Waals surface area contributed by atoms with Crippen LogP contribution < -0.4 is 0 Å². The molecule has 0 radical (unpaired) electrons. The van der Waals surface area contributed by atoms with Crippen molar-refractivity contribution in [3.63, 3.8) is 0 Å². The smallest absolute Gasteiger partial charge is 0.239 e. The Morgan fingerprint density at radius 1 is 0.203 bits per heavy atom. The molecule has 2 amide bonds. The molecule has 0 saturated carbocycles. The van der Waals surface area contributed by atoms with Crippen molar-refractivity contribution in [1.82, 2.24) is 9.80 Å². The Morgan fingerprint density at radius 2 is 0.297 bits per heavy atom. The van der Waals surface area contributed by atoms with E-state index in [1.807, 2.05) is 0 Å². The molecule has 28 aromatic carbocycles. The topological polar surface area (TPSA) is 40.6 Å². The average Bonchev–Trinajstić information content (AvgIpc) is 2.74. The van der Waals surface area contributed by atoms with Crippen LogP contribution in [0.1, 0.15) is 49.9 Å². The van der Waals surface area contributed by atoms with Crippen molar-refractivity contribution in [2.24, 2.45) is 0 Å². The fourth-order valence-corrected chi connectivity index (χ4v) is 25.5. The maximum atomic E-state index is 18.0. The summed E-state index contributed by atoms with van der Waals surface area (Å²) in [5.41, 5.74) is 2.28. The first-order valence-corrected chi connectivity index (χ1v) is 27.9. The zero-order chi connectivity index (χ0) is 45.6. The van der Waals surface area contributed by atoms with E-state index >= 15 is 9.59 Å². The maximum absolute atomic E-state index is 18.0. The van der Waals surface area contributed by atoms with Gasteiger partial charge in [-0.05, 0) is 341 Å². The molecule has 74 heavy (non-hydrogen) atoms. The molecule has 4 aliphatic rings. The summed E-state index contributed by atoms with van der Waals surface area (Å²) in [4.78, 5) is 40.4. The van der Waals surface area contributed by atoms with Gasteiger partial charge in [0.1, 0.15) is 10.8 Å². The molecule has 0 saturated heterocycles. The molecule has 4 heteroatoms. The Kier molecular flexibility index (Phi) is 2.79. The van der Waals surface area contributed by atoms with Gasteiger partial charge in [-0.1, -0.05) is 0 Å². The van der Waals surface area contributed by atoms with Crippen molar-refractivity contribution in [3.8, 4) is 0 Å². The van der Waals surface area contributed by atoms with Crippen LogP contribution in [0.5, 0.6) is 0 Å². The molecule has 0 spiro atoms. The minimum Gasteiger partial charge on any atom is -0.342 e. The summed E-state index contributed by atoms with van der Waals surface area (Å²) in [5, 5.41) is 80.3. The van der Waals surface area contributed by atoms with Crippen LogP contribution in [0.2, 0.25) is 0 Å². The van der Waals surface area contributed by atoms with Crippen LogP contribution in [0.25, 0.3) is 291 Å². The van der Waals surface area contributed by atoms with E-state index in [0.717, 1.165) is 0 Å². The van der Waals surface area contributed by atoms with E-state index in [0.29, 0.717) is 26.2 Å². The molecule has 4 aliphatic carbocycles. The van der Waals surface area contributed by atoms with Crippen LogP contribution in [0.15, 0.2) is 0 Å². The monoisotopic (exact) mass is 920 g/mol. The highest BCUT2D eigenvalue weighted by Gasteiger charge is 2.76. The van der Waals surface area contributed by atoms with Crippen molar-refractivity contribution < 1.29 is 9.59 Å². The van der Waals surface area contributed by atoms with E-state index in [2.05, 4.69) is 37.5 Å². The number of hydrogen-bond acceptors (Lipinski definition) is 2. The Bertz CT molecular complexity index is 6710. The summed E-state index contributed by atoms with van der Waals surface area (Å²) in [6.07, 6.45) is 0. The summed E-state index contributed by atoms with van der Waals surface area (Å²) >= 11 is 0. The van der Waals surface area contributed by atoms with Gasteiger partial charge in [-0.25, -0.2) is 0 Å².